The van der Waals surface area contributed by atoms with E-state index in [1.165, 1.54) is 5.39 Å². The van der Waals surface area contributed by atoms with Crippen molar-refractivity contribution in [2.75, 3.05) is 0 Å². The fourth-order valence-corrected chi connectivity index (χ4v) is 2.86. The van der Waals surface area contributed by atoms with E-state index in [2.05, 4.69) is 22.4 Å². The number of aromatic nitrogens is 1. The van der Waals surface area contributed by atoms with Crippen molar-refractivity contribution in [1.82, 2.24) is 10.3 Å². The second-order valence-electron chi connectivity index (χ2n) is 6.10. The maximum Gasteiger partial charge on any atom is 0.490 e. The third kappa shape index (κ3) is 5.22. The van der Waals surface area contributed by atoms with Crippen LogP contribution < -0.4 is 11.1 Å². The lowest BCUT2D eigenvalue weighted by molar-refractivity contribution is -0.192. The Morgan fingerprint density at radius 3 is 2.46 bits per heavy atom. The molecule has 9 heteroatoms. The standard InChI is InChI=1S/C15H19N3O.C2HF3O2/c16-13-6-3-5-12(13)15(19)17-9-11-8-10-4-1-2-7-14(10)18-11;3-2(4,5)1(6)7/h1-2,4,7-8,12-13,18H,3,5-6,9,16H2,(H,17,19);(H,6,7)/t12-,13+;/m0./s1. The maximum atomic E-state index is 12.0. The van der Waals surface area contributed by atoms with Crippen LogP contribution in [0.2, 0.25) is 0 Å². The van der Waals surface area contributed by atoms with Gasteiger partial charge in [0.15, 0.2) is 0 Å². The molecule has 2 aromatic rings. The number of carboxylic acids is 1. The molecule has 0 aliphatic heterocycles. The molecule has 5 N–H and O–H groups in total. The minimum Gasteiger partial charge on any atom is -0.475 e. The number of aliphatic carboxylic acids is 1. The Balaban J connectivity index is 0.000000298. The topological polar surface area (TPSA) is 108 Å². The summed E-state index contributed by atoms with van der Waals surface area (Å²) in [6.07, 6.45) is -2.14. The number of aromatic amines is 1. The number of nitrogens with two attached hydrogens (primary N) is 1. The lowest BCUT2D eigenvalue weighted by atomic mass is 10.0. The van der Waals surface area contributed by atoms with E-state index in [1.807, 2.05) is 18.2 Å². The second kappa shape index (κ2) is 8.22. The van der Waals surface area contributed by atoms with Crippen molar-refractivity contribution < 1.29 is 27.9 Å². The first kappa shape index (κ1) is 19.8. The van der Waals surface area contributed by atoms with Gasteiger partial charge in [-0.2, -0.15) is 13.2 Å². The molecule has 1 aromatic heterocycles. The molecule has 0 bridgehead atoms. The van der Waals surface area contributed by atoms with Gasteiger partial charge in [0.2, 0.25) is 5.91 Å². The first-order valence-electron chi connectivity index (χ1n) is 8.08. The monoisotopic (exact) mass is 371 g/mol. The summed E-state index contributed by atoms with van der Waals surface area (Å²) in [5.74, 6) is -2.68. The largest absolute Gasteiger partial charge is 0.490 e. The first-order valence-corrected chi connectivity index (χ1v) is 8.08. The normalized spacial score (nSPS) is 19.7. The molecule has 1 fully saturated rings. The second-order valence-corrected chi connectivity index (χ2v) is 6.10. The summed E-state index contributed by atoms with van der Waals surface area (Å²) in [7, 11) is 0. The number of carbonyl (C=O) groups excluding carboxylic acids is 1. The Hall–Kier alpha value is -2.55. The molecule has 1 aromatic carbocycles. The van der Waals surface area contributed by atoms with Gasteiger partial charge in [-0.15, -0.1) is 0 Å². The number of hydrogen-bond acceptors (Lipinski definition) is 3. The number of carbonyl (C=O) groups is 2. The van der Waals surface area contributed by atoms with E-state index in [9.17, 15) is 18.0 Å². The van der Waals surface area contributed by atoms with Crippen LogP contribution in [0.5, 0.6) is 0 Å². The number of amides is 1. The Kier molecular flexibility index (Phi) is 6.25. The summed E-state index contributed by atoms with van der Waals surface area (Å²) in [6, 6.07) is 10.2. The smallest absolute Gasteiger partial charge is 0.475 e. The molecule has 0 saturated heterocycles. The quantitative estimate of drug-likeness (QED) is 0.665. The van der Waals surface area contributed by atoms with Crippen LogP contribution in [0.15, 0.2) is 30.3 Å². The molecule has 1 heterocycles. The molecule has 2 atom stereocenters. The number of halogens is 3. The molecule has 142 valence electrons. The van der Waals surface area contributed by atoms with Crippen molar-refractivity contribution in [2.45, 2.75) is 38.0 Å². The number of para-hydroxylation sites is 1. The fourth-order valence-electron chi connectivity index (χ4n) is 2.86. The molecule has 1 aliphatic rings. The van der Waals surface area contributed by atoms with Crippen LogP contribution >= 0.6 is 0 Å². The van der Waals surface area contributed by atoms with Crippen molar-refractivity contribution in [3.63, 3.8) is 0 Å². The van der Waals surface area contributed by atoms with Gasteiger partial charge >= 0.3 is 12.1 Å². The minimum absolute atomic E-state index is 0.00983. The van der Waals surface area contributed by atoms with E-state index in [1.54, 1.807) is 0 Å². The van der Waals surface area contributed by atoms with E-state index in [0.717, 1.165) is 30.5 Å². The average Bonchev–Trinajstić information content (AvgIpc) is 3.17. The van der Waals surface area contributed by atoms with Gasteiger partial charge in [0.1, 0.15) is 0 Å². The zero-order valence-electron chi connectivity index (χ0n) is 13.8. The Morgan fingerprint density at radius 1 is 1.27 bits per heavy atom. The lowest BCUT2D eigenvalue weighted by Gasteiger charge is -2.14. The highest BCUT2D eigenvalue weighted by Gasteiger charge is 2.38. The Morgan fingerprint density at radius 2 is 1.92 bits per heavy atom. The number of carboxylic acid groups (broad SMARTS) is 1. The predicted octanol–water partition coefficient (Wildman–Crippen LogP) is 2.54. The van der Waals surface area contributed by atoms with Gasteiger partial charge in [-0.1, -0.05) is 24.6 Å². The zero-order chi connectivity index (χ0) is 19.3. The van der Waals surface area contributed by atoms with Gasteiger partial charge in [0.05, 0.1) is 12.5 Å². The van der Waals surface area contributed by atoms with Crippen molar-refractivity contribution in [3.8, 4) is 0 Å². The molecule has 0 unspecified atom stereocenters. The van der Waals surface area contributed by atoms with E-state index in [-0.39, 0.29) is 17.9 Å². The summed E-state index contributed by atoms with van der Waals surface area (Å²) in [5.41, 5.74) is 8.07. The minimum atomic E-state index is -5.08. The predicted molar refractivity (Wildman–Crippen MR) is 89.2 cm³/mol. The van der Waals surface area contributed by atoms with E-state index in [0.29, 0.717) is 6.54 Å². The highest BCUT2D eigenvalue weighted by atomic mass is 19.4. The molecular weight excluding hydrogens is 351 g/mol. The molecule has 1 saturated carbocycles. The summed E-state index contributed by atoms with van der Waals surface area (Å²) < 4.78 is 31.7. The van der Waals surface area contributed by atoms with Gasteiger partial charge < -0.3 is 21.1 Å². The van der Waals surface area contributed by atoms with Crippen LogP contribution in [0, 0.1) is 5.92 Å². The average molecular weight is 371 g/mol. The van der Waals surface area contributed by atoms with Crippen molar-refractivity contribution in [1.29, 1.82) is 0 Å². The number of alkyl halides is 3. The van der Waals surface area contributed by atoms with Gasteiger partial charge in [0.25, 0.3) is 0 Å². The number of hydrogen-bond donors (Lipinski definition) is 4. The molecule has 0 spiro atoms. The Labute approximate surface area is 147 Å². The van der Waals surface area contributed by atoms with E-state index in [4.69, 9.17) is 15.6 Å². The molecular formula is C17H20F3N3O3. The number of H-pyrrole nitrogens is 1. The van der Waals surface area contributed by atoms with Gasteiger partial charge in [-0.25, -0.2) is 4.79 Å². The van der Waals surface area contributed by atoms with Crippen LogP contribution in [0.25, 0.3) is 10.9 Å². The third-order valence-electron chi connectivity index (χ3n) is 4.19. The fraction of sp³-hybridized carbons (Fsp3) is 0.412. The molecule has 6 nitrogen and oxygen atoms in total. The summed E-state index contributed by atoms with van der Waals surface area (Å²) >= 11 is 0. The molecule has 3 rings (SSSR count). The maximum absolute atomic E-state index is 12.0. The van der Waals surface area contributed by atoms with Gasteiger partial charge in [-0.05, 0) is 30.4 Å². The van der Waals surface area contributed by atoms with Crippen LogP contribution in [0.4, 0.5) is 13.2 Å². The molecule has 1 amide bonds. The van der Waals surface area contributed by atoms with Gasteiger partial charge in [0, 0.05) is 17.3 Å². The van der Waals surface area contributed by atoms with Crippen LogP contribution in [0.1, 0.15) is 25.0 Å². The number of benzene rings is 1. The molecule has 0 radical (unpaired) electrons. The van der Waals surface area contributed by atoms with Crippen LogP contribution in [-0.4, -0.2) is 34.2 Å². The molecule has 26 heavy (non-hydrogen) atoms. The van der Waals surface area contributed by atoms with Crippen LogP contribution in [-0.2, 0) is 16.1 Å². The summed E-state index contributed by atoms with van der Waals surface area (Å²) in [6.45, 7) is 0.538. The van der Waals surface area contributed by atoms with Gasteiger partial charge in [-0.3, -0.25) is 4.79 Å². The number of fused-ring (bicyclic) bond motifs is 1. The number of nitrogens with one attached hydrogen (secondary N) is 2. The summed E-state index contributed by atoms with van der Waals surface area (Å²) in [4.78, 5) is 24.2. The summed E-state index contributed by atoms with van der Waals surface area (Å²) in [5, 5.41) is 11.3. The zero-order valence-corrected chi connectivity index (χ0v) is 13.8. The van der Waals surface area contributed by atoms with Crippen LogP contribution in [0.3, 0.4) is 0 Å². The van der Waals surface area contributed by atoms with Crippen molar-refractivity contribution in [2.24, 2.45) is 11.7 Å². The van der Waals surface area contributed by atoms with Crippen molar-refractivity contribution in [3.05, 3.63) is 36.0 Å². The molecule has 1 aliphatic carbocycles. The lowest BCUT2D eigenvalue weighted by Crippen LogP contribution is -2.38. The number of rotatable bonds is 3. The highest BCUT2D eigenvalue weighted by molar-refractivity contribution is 5.81. The SMILES string of the molecule is N[C@@H]1CCC[C@@H]1C(=O)NCc1cc2ccccc2[nH]1.O=C(O)C(F)(F)F. The van der Waals surface area contributed by atoms with E-state index >= 15 is 0 Å². The van der Waals surface area contributed by atoms with E-state index < -0.39 is 12.1 Å². The Bertz CT molecular complexity index is 740. The first-order chi connectivity index (χ1) is 12.2. The highest BCUT2D eigenvalue weighted by Crippen LogP contribution is 2.24. The van der Waals surface area contributed by atoms with Crippen molar-refractivity contribution >= 4 is 22.8 Å². The third-order valence-corrected chi connectivity index (χ3v) is 4.19.